The molecular weight excluding hydrogens is 418 g/mol. The number of aryl methyl sites for hydroxylation is 1. The molecule has 0 radical (unpaired) electrons. The molecule has 2 aromatic carbocycles. The van der Waals surface area contributed by atoms with Crippen LogP contribution in [0.5, 0.6) is 11.5 Å². The number of carbonyl (C=O) groups is 2. The molecule has 0 aliphatic heterocycles. The van der Waals surface area contributed by atoms with Crippen molar-refractivity contribution in [2.24, 2.45) is 0 Å². The molecule has 176 valence electrons. The molecule has 0 aromatic heterocycles. The summed E-state index contributed by atoms with van der Waals surface area (Å²) in [6, 6.07) is 13.6. The van der Waals surface area contributed by atoms with Crippen LogP contribution >= 0.6 is 0 Å². The van der Waals surface area contributed by atoms with Gasteiger partial charge in [-0.1, -0.05) is 37.3 Å². The van der Waals surface area contributed by atoms with Crippen molar-refractivity contribution in [3.8, 4) is 11.5 Å². The fraction of sp³-hybridized carbons (Fsp3) is 0.407. The molecule has 3 rings (SSSR count). The van der Waals surface area contributed by atoms with E-state index < -0.39 is 12.1 Å². The summed E-state index contributed by atoms with van der Waals surface area (Å²) in [7, 11) is 0. The molecule has 0 heterocycles. The van der Waals surface area contributed by atoms with Crippen molar-refractivity contribution in [2.75, 3.05) is 13.2 Å². The van der Waals surface area contributed by atoms with Crippen LogP contribution in [0.1, 0.15) is 62.8 Å². The third-order valence-electron chi connectivity index (χ3n) is 5.49. The van der Waals surface area contributed by atoms with Crippen molar-refractivity contribution in [2.45, 2.75) is 58.6 Å². The van der Waals surface area contributed by atoms with E-state index in [2.05, 4.69) is 11.4 Å². The highest BCUT2D eigenvalue weighted by Gasteiger charge is 2.24. The first-order valence-electron chi connectivity index (χ1n) is 11.7. The zero-order valence-corrected chi connectivity index (χ0v) is 19.6. The molecule has 1 aliphatic rings. The number of amides is 1. The zero-order valence-electron chi connectivity index (χ0n) is 19.6. The van der Waals surface area contributed by atoms with Gasteiger partial charge < -0.3 is 19.5 Å². The van der Waals surface area contributed by atoms with Crippen molar-refractivity contribution in [1.82, 2.24) is 5.32 Å². The second kappa shape index (κ2) is 12.1. The minimum atomic E-state index is -0.889. The van der Waals surface area contributed by atoms with Gasteiger partial charge in [-0.2, -0.15) is 0 Å². The van der Waals surface area contributed by atoms with Crippen molar-refractivity contribution >= 4 is 18.0 Å². The second-order valence-corrected chi connectivity index (χ2v) is 8.05. The van der Waals surface area contributed by atoms with Crippen LogP contribution in [0.25, 0.3) is 6.08 Å². The summed E-state index contributed by atoms with van der Waals surface area (Å²) in [6.07, 6.45) is 5.88. The Balaban J connectivity index is 1.56. The number of rotatable bonds is 10. The summed E-state index contributed by atoms with van der Waals surface area (Å²) in [5.74, 6) is 0.426. The van der Waals surface area contributed by atoms with Gasteiger partial charge in [0.1, 0.15) is 0 Å². The van der Waals surface area contributed by atoms with Crippen LogP contribution in [-0.2, 0) is 20.7 Å². The first-order chi connectivity index (χ1) is 16.0. The van der Waals surface area contributed by atoms with E-state index in [-0.39, 0.29) is 11.9 Å². The molecular formula is C27H33NO5. The third-order valence-corrected chi connectivity index (χ3v) is 5.49. The van der Waals surface area contributed by atoms with E-state index in [4.69, 9.17) is 14.2 Å². The molecule has 2 unspecified atom stereocenters. The Bertz CT molecular complexity index is 984. The standard InChI is InChI=1S/C27H33NO5/c1-4-17-32-24-15-13-20(18-25(24)31-5-2)14-16-26(29)33-19(3)27(30)28-23-12-8-10-21-9-6-7-11-22(21)23/h6-7,9,11,13-16,18-19,23H,4-5,8,10,12,17H2,1-3H3,(H,28,30)/b16-14+. The summed E-state index contributed by atoms with van der Waals surface area (Å²) in [4.78, 5) is 24.9. The molecule has 1 aliphatic carbocycles. The van der Waals surface area contributed by atoms with E-state index in [1.807, 2.05) is 50.2 Å². The lowest BCUT2D eigenvalue weighted by Crippen LogP contribution is -2.39. The predicted octanol–water partition coefficient (Wildman–Crippen LogP) is 5.01. The van der Waals surface area contributed by atoms with E-state index in [1.54, 1.807) is 13.0 Å². The summed E-state index contributed by atoms with van der Waals surface area (Å²) in [5, 5.41) is 3.03. The third kappa shape index (κ3) is 6.85. The summed E-state index contributed by atoms with van der Waals surface area (Å²) in [5.41, 5.74) is 3.18. The van der Waals surface area contributed by atoms with Crippen LogP contribution in [0.2, 0.25) is 0 Å². The monoisotopic (exact) mass is 451 g/mol. The zero-order chi connectivity index (χ0) is 23.6. The van der Waals surface area contributed by atoms with Gasteiger partial charge in [0.15, 0.2) is 17.6 Å². The Morgan fingerprint density at radius 3 is 2.73 bits per heavy atom. The molecule has 1 amide bonds. The van der Waals surface area contributed by atoms with Gasteiger partial charge in [-0.25, -0.2) is 4.79 Å². The van der Waals surface area contributed by atoms with Gasteiger partial charge in [0.25, 0.3) is 5.91 Å². The Morgan fingerprint density at radius 2 is 1.94 bits per heavy atom. The van der Waals surface area contributed by atoms with Crippen LogP contribution in [0.4, 0.5) is 0 Å². The van der Waals surface area contributed by atoms with Gasteiger partial charge in [-0.3, -0.25) is 4.79 Å². The van der Waals surface area contributed by atoms with Gasteiger partial charge in [0.05, 0.1) is 19.3 Å². The highest BCUT2D eigenvalue weighted by Crippen LogP contribution is 2.30. The SMILES string of the molecule is CCCOc1ccc(/C=C/C(=O)OC(C)C(=O)NC2CCCc3ccccc32)cc1OCC. The van der Waals surface area contributed by atoms with Crippen molar-refractivity contribution in [3.05, 3.63) is 65.2 Å². The van der Waals surface area contributed by atoms with Crippen LogP contribution < -0.4 is 14.8 Å². The van der Waals surface area contributed by atoms with E-state index in [0.717, 1.165) is 36.8 Å². The molecule has 2 atom stereocenters. The lowest BCUT2D eigenvalue weighted by Gasteiger charge is -2.27. The number of hydrogen-bond donors (Lipinski definition) is 1. The molecule has 0 saturated heterocycles. The molecule has 0 bridgehead atoms. The fourth-order valence-corrected chi connectivity index (χ4v) is 3.85. The molecule has 2 aromatic rings. The lowest BCUT2D eigenvalue weighted by molar-refractivity contribution is -0.150. The van der Waals surface area contributed by atoms with Gasteiger partial charge in [-0.15, -0.1) is 0 Å². The van der Waals surface area contributed by atoms with Crippen LogP contribution in [-0.4, -0.2) is 31.2 Å². The number of ether oxygens (including phenoxy) is 3. The first-order valence-corrected chi connectivity index (χ1v) is 11.7. The van der Waals surface area contributed by atoms with Crippen molar-refractivity contribution < 1.29 is 23.8 Å². The average Bonchev–Trinajstić information content (AvgIpc) is 2.82. The summed E-state index contributed by atoms with van der Waals surface area (Å²) < 4.78 is 16.7. The minimum absolute atomic E-state index is 0.0513. The minimum Gasteiger partial charge on any atom is -0.490 e. The van der Waals surface area contributed by atoms with Gasteiger partial charge >= 0.3 is 5.97 Å². The average molecular weight is 452 g/mol. The molecule has 6 nitrogen and oxygen atoms in total. The maximum atomic E-state index is 12.6. The smallest absolute Gasteiger partial charge is 0.331 e. The van der Waals surface area contributed by atoms with Gasteiger partial charge in [-0.05, 0) is 74.4 Å². The van der Waals surface area contributed by atoms with E-state index in [1.165, 1.54) is 11.6 Å². The predicted molar refractivity (Wildman–Crippen MR) is 128 cm³/mol. The number of esters is 1. The number of benzene rings is 2. The molecule has 6 heteroatoms. The van der Waals surface area contributed by atoms with Crippen LogP contribution in [0.15, 0.2) is 48.5 Å². The second-order valence-electron chi connectivity index (χ2n) is 8.05. The quantitative estimate of drug-likeness (QED) is 0.406. The Hall–Kier alpha value is -3.28. The number of carbonyl (C=O) groups excluding carboxylic acids is 2. The molecule has 0 fully saturated rings. The number of hydrogen-bond acceptors (Lipinski definition) is 5. The summed E-state index contributed by atoms with van der Waals surface area (Å²) >= 11 is 0. The van der Waals surface area contributed by atoms with Crippen LogP contribution in [0, 0.1) is 0 Å². The largest absolute Gasteiger partial charge is 0.490 e. The maximum Gasteiger partial charge on any atom is 0.331 e. The van der Waals surface area contributed by atoms with Crippen molar-refractivity contribution in [1.29, 1.82) is 0 Å². The van der Waals surface area contributed by atoms with Crippen molar-refractivity contribution in [3.63, 3.8) is 0 Å². The summed E-state index contributed by atoms with van der Waals surface area (Å²) in [6.45, 7) is 6.65. The molecule has 0 saturated carbocycles. The Morgan fingerprint density at radius 1 is 1.12 bits per heavy atom. The molecule has 1 N–H and O–H groups in total. The van der Waals surface area contributed by atoms with E-state index >= 15 is 0 Å². The Kier molecular flexibility index (Phi) is 8.93. The first kappa shape index (κ1) is 24.4. The van der Waals surface area contributed by atoms with E-state index in [0.29, 0.717) is 24.7 Å². The number of fused-ring (bicyclic) bond motifs is 1. The molecule has 33 heavy (non-hydrogen) atoms. The number of nitrogens with one attached hydrogen (secondary N) is 1. The van der Waals surface area contributed by atoms with Gasteiger partial charge in [0, 0.05) is 6.08 Å². The topological polar surface area (TPSA) is 73.9 Å². The highest BCUT2D eigenvalue weighted by molar-refractivity contribution is 5.90. The maximum absolute atomic E-state index is 12.6. The lowest BCUT2D eigenvalue weighted by atomic mass is 9.87. The fourth-order valence-electron chi connectivity index (χ4n) is 3.85. The highest BCUT2D eigenvalue weighted by atomic mass is 16.5. The normalized spacial score (nSPS) is 16.0. The van der Waals surface area contributed by atoms with Gasteiger partial charge in [0.2, 0.25) is 0 Å². The molecule has 0 spiro atoms. The van der Waals surface area contributed by atoms with E-state index in [9.17, 15) is 9.59 Å². The Labute approximate surface area is 195 Å². The van der Waals surface area contributed by atoms with Crippen LogP contribution in [0.3, 0.4) is 0 Å².